The standard InChI is InChI=1S/C20H28FN5O4S/c1-14-8-15(2)19(27)26(12-14)17(11-24-31(3,28)29)13-30-18-4-6-25(7-5-18)20-22-9-16(21)10-23-20/h8-10,12,17-18,24H,4-7,11,13H2,1-3H3/t17-/m0/s1. The van der Waals surface area contributed by atoms with E-state index in [1.54, 1.807) is 23.8 Å². The molecule has 1 fully saturated rings. The summed E-state index contributed by atoms with van der Waals surface area (Å²) >= 11 is 0. The van der Waals surface area contributed by atoms with Crippen molar-refractivity contribution < 1.29 is 17.5 Å². The van der Waals surface area contributed by atoms with E-state index in [-0.39, 0.29) is 24.8 Å². The molecule has 1 atom stereocenters. The number of pyridine rings is 1. The van der Waals surface area contributed by atoms with Crippen LogP contribution in [0, 0.1) is 19.7 Å². The molecule has 0 amide bonds. The van der Waals surface area contributed by atoms with Crippen molar-refractivity contribution in [1.29, 1.82) is 0 Å². The fraction of sp³-hybridized carbons (Fsp3) is 0.550. The van der Waals surface area contributed by atoms with Crippen LogP contribution in [0.3, 0.4) is 0 Å². The van der Waals surface area contributed by atoms with Gasteiger partial charge in [0.15, 0.2) is 5.82 Å². The Hall–Kier alpha value is -2.37. The molecule has 2 aromatic heterocycles. The quantitative estimate of drug-likeness (QED) is 0.639. The Balaban J connectivity index is 1.64. The Morgan fingerprint density at radius 1 is 1.26 bits per heavy atom. The van der Waals surface area contributed by atoms with Gasteiger partial charge in [0.05, 0.1) is 37.4 Å². The Morgan fingerprint density at radius 2 is 1.90 bits per heavy atom. The second-order valence-corrected chi connectivity index (χ2v) is 9.74. The number of hydrogen-bond acceptors (Lipinski definition) is 7. The molecular formula is C20H28FN5O4S. The van der Waals surface area contributed by atoms with Crippen molar-refractivity contribution in [2.75, 3.05) is 37.4 Å². The van der Waals surface area contributed by atoms with Crippen LogP contribution in [0.5, 0.6) is 0 Å². The average molecular weight is 454 g/mol. The molecule has 1 N–H and O–H groups in total. The summed E-state index contributed by atoms with van der Waals surface area (Å²) in [6, 6.07) is 1.33. The molecule has 170 valence electrons. The van der Waals surface area contributed by atoms with Crippen molar-refractivity contribution in [3.63, 3.8) is 0 Å². The highest BCUT2D eigenvalue weighted by Crippen LogP contribution is 2.19. The fourth-order valence-electron chi connectivity index (χ4n) is 3.62. The third-order valence-corrected chi connectivity index (χ3v) is 5.88. The van der Waals surface area contributed by atoms with Gasteiger partial charge < -0.3 is 14.2 Å². The van der Waals surface area contributed by atoms with Gasteiger partial charge in [-0.3, -0.25) is 4.79 Å². The zero-order valence-electron chi connectivity index (χ0n) is 17.9. The van der Waals surface area contributed by atoms with Gasteiger partial charge in [-0.1, -0.05) is 0 Å². The molecular weight excluding hydrogens is 425 g/mol. The second kappa shape index (κ2) is 9.84. The van der Waals surface area contributed by atoms with E-state index in [1.165, 1.54) is 0 Å². The number of nitrogens with zero attached hydrogens (tertiary/aromatic N) is 4. The normalized spacial score (nSPS) is 16.5. The molecule has 0 unspecified atom stereocenters. The van der Waals surface area contributed by atoms with Gasteiger partial charge in [0.1, 0.15) is 0 Å². The molecule has 0 saturated carbocycles. The topological polar surface area (TPSA) is 106 Å². The number of anilines is 1. The summed E-state index contributed by atoms with van der Waals surface area (Å²) in [5.74, 6) is 0.00853. The molecule has 1 aliphatic heterocycles. The van der Waals surface area contributed by atoms with Crippen molar-refractivity contribution in [1.82, 2.24) is 19.3 Å². The minimum atomic E-state index is -3.41. The lowest BCUT2D eigenvalue weighted by Gasteiger charge is -2.33. The number of rotatable bonds is 8. The number of piperidine rings is 1. The fourth-order valence-corrected chi connectivity index (χ4v) is 4.11. The largest absolute Gasteiger partial charge is 0.376 e. The van der Waals surface area contributed by atoms with Gasteiger partial charge in [-0.25, -0.2) is 27.5 Å². The summed E-state index contributed by atoms with van der Waals surface area (Å²) in [6.45, 7) is 5.20. The highest BCUT2D eigenvalue weighted by atomic mass is 32.2. The van der Waals surface area contributed by atoms with Crippen LogP contribution in [0.1, 0.15) is 30.0 Å². The van der Waals surface area contributed by atoms with Crippen LogP contribution in [-0.4, -0.2) is 61.6 Å². The third-order valence-electron chi connectivity index (χ3n) is 5.19. The minimum Gasteiger partial charge on any atom is -0.376 e. The highest BCUT2D eigenvalue weighted by Gasteiger charge is 2.24. The molecule has 9 nitrogen and oxygen atoms in total. The molecule has 0 spiro atoms. The molecule has 1 saturated heterocycles. The lowest BCUT2D eigenvalue weighted by molar-refractivity contribution is 0.0178. The van der Waals surface area contributed by atoms with Crippen molar-refractivity contribution >= 4 is 16.0 Å². The first-order chi connectivity index (χ1) is 14.6. The summed E-state index contributed by atoms with van der Waals surface area (Å²) in [5, 5.41) is 0. The van der Waals surface area contributed by atoms with Crippen LogP contribution < -0.4 is 15.2 Å². The number of halogens is 1. The molecule has 0 aromatic carbocycles. The van der Waals surface area contributed by atoms with Crippen LogP contribution in [-0.2, 0) is 14.8 Å². The Bertz CT molecular complexity index is 1050. The first-order valence-corrected chi connectivity index (χ1v) is 12.0. The van der Waals surface area contributed by atoms with E-state index in [4.69, 9.17) is 4.74 Å². The zero-order valence-corrected chi connectivity index (χ0v) is 18.7. The lowest BCUT2D eigenvalue weighted by Crippen LogP contribution is -2.41. The van der Waals surface area contributed by atoms with Crippen LogP contribution in [0.15, 0.2) is 29.5 Å². The number of sulfonamides is 1. The zero-order chi connectivity index (χ0) is 22.6. The van der Waals surface area contributed by atoms with E-state index >= 15 is 0 Å². The van der Waals surface area contributed by atoms with Gasteiger partial charge in [0.25, 0.3) is 5.56 Å². The summed E-state index contributed by atoms with van der Waals surface area (Å²) in [4.78, 5) is 22.6. The van der Waals surface area contributed by atoms with Crippen LogP contribution >= 0.6 is 0 Å². The van der Waals surface area contributed by atoms with Crippen molar-refractivity contribution in [3.05, 3.63) is 52.0 Å². The molecule has 0 radical (unpaired) electrons. The number of nitrogens with one attached hydrogen (secondary N) is 1. The van der Waals surface area contributed by atoms with E-state index < -0.39 is 21.9 Å². The minimum absolute atomic E-state index is 0.0426. The maximum absolute atomic E-state index is 13.0. The highest BCUT2D eigenvalue weighted by molar-refractivity contribution is 7.88. The van der Waals surface area contributed by atoms with Gasteiger partial charge in [-0.05, 0) is 38.3 Å². The van der Waals surface area contributed by atoms with Gasteiger partial charge in [0.2, 0.25) is 16.0 Å². The maximum atomic E-state index is 13.0. The molecule has 3 rings (SSSR count). The predicted molar refractivity (Wildman–Crippen MR) is 115 cm³/mol. The van der Waals surface area contributed by atoms with Crippen LogP contribution in [0.2, 0.25) is 0 Å². The van der Waals surface area contributed by atoms with E-state index in [9.17, 15) is 17.6 Å². The Morgan fingerprint density at radius 3 is 2.52 bits per heavy atom. The molecule has 0 bridgehead atoms. The Labute approximate surface area is 181 Å². The number of aryl methyl sites for hydroxylation is 2. The monoisotopic (exact) mass is 453 g/mol. The van der Waals surface area contributed by atoms with Crippen LogP contribution in [0.4, 0.5) is 10.3 Å². The summed E-state index contributed by atoms with van der Waals surface area (Å²) in [7, 11) is -3.41. The van der Waals surface area contributed by atoms with Gasteiger partial charge in [0, 0.05) is 31.4 Å². The summed E-state index contributed by atoms with van der Waals surface area (Å²) < 4.78 is 46.3. The van der Waals surface area contributed by atoms with Gasteiger partial charge in [-0.15, -0.1) is 0 Å². The first-order valence-electron chi connectivity index (χ1n) is 10.1. The summed E-state index contributed by atoms with van der Waals surface area (Å²) in [6.07, 6.45) is 6.49. The second-order valence-electron chi connectivity index (χ2n) is 7.91. The molecule has 0 aliphatic carbocycles. The number of aromatic nitrogens is 3. The van der Waals surface area contributed by atoms with Gasteiger partial charge in [-0.2, -0.15) is 0 Å². The van der Waals surface area contributed by atoms with Crippen molar-refractivity contribution in [2.45, 2.75) is 38.8 Å². The maximum Gasteiger partial charge on any atom is 0.253 e. The molecule has 3 heterocycles. The SMILES string of the molecule is Cc1cc(C)c(=O)n([C@@H](CNS(C)(=O)=O)COC2CCN(c3ncc(F)cn3)CC2)c1. The third kappa shape index (κ3) is 6.55. The van der Waals surface area contributed by atoms with E-state index in [1.807, 2.05) is 11.8 Å². The van der Waals surface area contributed by atoms with Gasteiger partial charge >= 0.3 is 0 Å². The van der Waals surface area contributed by atoms with E-state index in [0.717, 1.165) is 24.2 Å². The molecule has 11 heteroatoms. The molecule has 2 aromatic rings. The Kier molecular flexibility index (Phi) is 7.39. The average Bonchev–Trinajstić information content (AvgIpc) is 2.71. The van der Waals surface area contributed by atoms with Crippen molar-refractivity contribution in [3.8, 4) is 0 Å². The smallest absolute Gasteiger partial charge is 0.253 e. The van der Waals surface area contributed by atoms with Crippen LogP contribution in [0.25, 0.3) is 0 Å². The number of hydrogen-bond donors (Lipinski definition) is 1. The van der Waals surface area contributed by atoms with E-state index in [2.05, 4.69) is 14.7 Å². The van der Waals surface area contributed by atoms with Crippen molar-refractivity contribution in [2.24, 2.45) is 0 Å². The number of ether oxygens (including phenoxy) is 1. The predicted octanol–water partition coefficient (Wildman–Crippen LogP) is 1.17. The van der Waals surface area contributed by atoms with E-state index in [0.29, 0.717) is 37.4 Å². The first kappa shape index (κ1) is 23.3. The summed E-state index contributed by atoms with van der Waals surface area (Å²) in [5.41, 5.74) is 1.34. The molecule has 31 heavy (non-hydrogen) atoms. The lowest BCUT2D eigenvalue weighted by atomic mass is 10.1. The molecule has 1 aliphatic rings.